The van der Waals surface area contributed by atoms with Gasteiger partial charge in [-0.15, -0.1) is 0 Å². The van der Waals surface area contributed by atoms with Crippen molar-refractivity contribution in [3.8, 4) is 5.75 Å². The molecule has 1 saturated heterocycles. The summed E-state index contributed by atoms with van der Waals surface area (Å²) < 4.78 is 5.59. The largest absolute Gasteiger partial charge is 0.496 e. The number of hydrogen-bond acceptors (Lipinski definition) is 1. The van der Waals surface area contributed by atoms with Crippen LogP contribution in [-0.4, -0.2) is 13.7 Å². The highest BCUT2D eigenvalue weighted by Gasteiger charge is 2.22. The number of benzene rings is 2. The second kappa shape index (κ2) is 4.99. The van der Waals surface area contributed by atoms with E-state index in [1.54, 1.807) is 7.11 Å². The zero-order valence-electron chi connectivity index (χ0n) is 10.9. The smallest absolute Gasteiger partial charge is 0.128 e. The van der Waals surface area contributed by atoms with Gasteiger partial charge in [0, 0.05) is 6.42 Å². The fraction of sp³-hybridized carbons (Fsp3) is 0.375. The first-order valence-corrected chi connectivity index (χ1v) is 6.78. The minimum Gasteiger partial charge on any atom is -0.496 e. The molecule has 3 rings (SSSR count). The van der Waals surface area contributed by atoms with E-state index in [4.69, 9.17) is 4.74 Å². The predicted octanol–water partition coefficient (Wildman–Crippen LogP) is 2.64. The van der Waals surface area contributed by atoms with Crippen LogP contribution in [0.2, 0.25) is 0 Å². The van der Waals surface area contributed by atoms with Gasteiger partial charge in [0.25, 0.3) is 0 Å². The van der Waals surface area contributed by atoms with E-state index in [9.17, 15) is 0 Å². The van der Waals surface area contributed by atoms with Gasteiger partial charge < -0.3 is 10.1 Å². The van der Waals surface area contributed by atoms with E-state index in [1.807, 2.05) is 0 Å². The summed E-state index contributed by atoms with van der Waals surface area (Å²) in [5, 5.41) is 5.03. The molecule has 1 fully saturated rings. The van der Waals surface area contributed by atoms with Crippen LogP contribution in [-0.2, 0) is 0 Å². The molecule has 94 valence electrons. The summed E-state index contributed by atoms with van der Waals surface area (Å²) in [4.78, 5) is 0. The Balaban J connectivity index is 2.08. The van der Waals surface area contributed by atoms with E-state index in [-0.39, 0.29) is 0 Å². The summed E-state index contributed by atoms with van der Waals surface area (Å²) in [5.74, 6) is 1.04. The van der Waals surface area contributed by atoms with Crippen molar-refractivity contribution in [1.82, 2.24) is 0 Å². The van der Waals surface area contributed by atoms with Crippen LogP contribution in [0.15, 0.2) is 36.4 Å². The van der Waals surface area contributed by atoms with E-state index >= 15 is 0 Å². The van der Waals surface area contributed by atoms with Crippen molar-refractivity contribution in [1.29, 1.82) is 0 Å². The summed E-state index contributed by atoms with van der Waals surface area (Å²) in [7, 11) is 1.77. The summed E-state index contributed by atoms with van der Waals surface area (Å²) in [6.07, 6.45) is 3.93. The van der Waals surface area contributed by atoms with Gasteiger partial charge in [0.2, 0.25) is 0 Å². The lowest BCUT2D eigenvalue weighted by Gasteiger charge is -2.22. The van der Waals surface area contributed by atoms with Crippen molar-refractivity contribution in [2.75, 3.05) is 13.7 Å². The minimum absolute atomic E-state index is 0.568. The molecule has 0 bridgehead atoms. The van der Waals surface area contributed by atoms with Crippen LogP contribution >= 0.6 is 0 Å². The zero-order chi connectivity index (χ0) is 12.4. The number of methoxy groups -OCH3 is 1. The molecule has 2 aromatic carbocycles. The monoisotopic (exact) mass is 242 g/mol. The van der Waals surface area contributed by atoms with Crippen LogP contribution in [0.4, 0.5) is 0 Å². The Morgan fingerprint density at radius 3 is 2.56 bits per heavy atom. The third-order valence-electron chi connectivity index (χ3n) is 3.92. The first-order valence-electron chi connectivity index (χ1n) is 6.78. The van der Waals surface area contributed by atoms with Crippen LogP contribution in [0.25, 0.3) is 10.8 Å². The zero-order valence-corrected chi connectivity index (χ0v) is 10.9. The van der Waals surface area contributed by atoms with Crippen molar-refractivity contribution in [3.63, 3.8) is 0 Å². The Morgan fingerprint density at radius 1 is 1.11 bits per heavy atom. The van der Waals surface area contributed by atoms with Gasteiger partial charge in [-0.2, -0.15) is 0 Å². The SMILES string of the molecule is COc1cc2ccccc2cc1[C@H]1CCCC[NH2+]1. The predicted molar refractivity (Wildman–Crippen MR) is 73.9 cm³/mol. The van der Waals surface area contributed by atoms with Crippen molar-refractivity contribution in [3.05, 3.63) is 42.0 Å². The Morgan fingerprint density at radius 2 is 1.89 bits per heavy atom. The van der Waals surface area contributed by atoms with E-state index in [0.29, 0.717) is 6.04 Å². The second-order valence-corrected chi connectivity index (χ2v) is 5.07. The molecule has 0 aliphatic carbocycles. The third kappa shape index (κ3) is 2.08. The average molecular weight is 242 g/mol. The molecular weight excluding hydrogens is 222 g/mol. The summed E-state index contributed by atoms with van der Waals surface area (Å²) in [6.45, 7) is 1.24. The van der Waals surface area contributed by atoms with Crippen LogP contribution in [0.5, 0.6) is 5.75 Å². The first-order chi connectivity index (χ1) is 8.88. The quantitative estimate of drug-likeness (QED) is 0.860. The molecule has 2 heteroatoms. The molecule has 1 aliphatic heterocycles. The van der Waals surface area contributed by atoms with Gasteiger partial charge in [-0.25, -0.2) is 0 Å². The molecule has 2 nitrogen and oxygen atoms in total. The second-order valence-electron chi connectivity index (χ2n) is 5.07. The summed E-state index contributed by atoms with van der Waals surface area (Å²) in [5.41, 5.74) is 1.36. The molecule has 2 N–H and O–H groups in total. The van der Waals surface area contributed by atoms with Crippen LogP contribution in [0.1, 0.15) is 30.9 Å². The number of fused-ring (bicyclic) bond motifs is 1. The average Bonchev–Trinajstić information content (AvgIpc) is 2.46. The minimum atomic E-state index is 0.568. The highest BCUT2D eigenvalue weighted by molar-refractivity contribution is 5.85. The molecule has 1 atom stereocenters. The van der Waals surface area contributed by atoms with E-state index < -0.39 is 0 Å². The lowest BCUT2D eigenvalue weighted by Crippen LogP contribution is -2.86. The number of rotatable bonds is 2. The van der Waals surface area contributed by atoms with Crippen molar-refractivity contribution >= 4 is 10.8 Å². The number of ether oxygens (including phenoxy) is 1. The molecule has 0 unspecified atom stereocenters. The van der Waals surface area contributed by atoms with E-state index in [0.717, 1.165) is 5.75 Å². The molecule has 0 amide bonds. The fourth-order valence-corrected chi connectivity index (χ4v) is 2.93. The van der Waals surface area contributed by atoms with Crippen LogP contribution in [0, 0.1) is 0 Å². The molecule has 1 heterocycles. The summed E-state index contributed by atoms with van der Waals surface area (Å²) >= 11 is 0. The molecule has 0 saturated carbocycles. The van der Waals surface area contributed by atoms with Crippen molar-refractivity contribution < 1.29 is 10.1 Å². The Kier molecular flexibility index (Phi) is 3.20. The topological polar surface area (TPSA) is 25.8 Å². The number of quaternary nitrogens is 1. The maximum Gasteiger partial charge on any atom is 0.128 e. The summed E-state index contributed by atoms with van der Waals surface area (Å²) in [6, 6.07) is 13.6. The lowest BCUT2D eigenvalue weighted by atomic mass is 9.94. The Hall–Kier alpha value is -1.54. The first kappa shape index (κ1) is 11.5. The molecule has 0 spiro atoms. The normalized spacial score (nSPS) is 19.9. The van der Waals surface area contributed by atoms with Crippen molar-refractivity contribution in [2.45, 2.75) is 25.3 Å². The highest BCUT2D eigenvalue weighted by Crippen LogP contribution is 2.31. The third-order valence-corrected chi connectivity index (χ3v) is 3.92. The van der Waals surface area contributed by atoms with Gasteiger partial charge in [0.1, 0.15) is 11.8 Å². The van der Waals surface area contributed by atoms with E-state index in [1.165, 1.54) is 42.1 Å². The standard InChI is InChI=1S/C16H19NO/c1-18-16-11-13-7-3-2-6-12(13)10-14(16)15-8-4-5-9-17-15/h2-3,6-7,10-11,15,17H,4-5,8-9H2,1H3/p+1/t15-/m1/s1. The molecular formula is C16H20NO+. The van der Waals surface area contributed by atoms with Crippen molar-refractivity contribution in [2.24, 2.45) is 0 Å². The van der Waals surface area contributed by atoms with Crippen LogP contribution < -0.4 is 10.1 Å². The maximum atomic E-state index is 5.59. The molecule has 1 aliphatic rings. The van der Waals surface area contributed by atoms with Gasteiger partial charge in [-0.05, 0) is 35.7 Å². The molecule has 0 aromatic heterocycles. The van der Waals surface area contributed by atoms with Gasteiger partial charge in [0.05, 0.1) is 19.2 Å². The lowest BCUT2D eigenvalue weighted by molar-refractivity contribution is -0.704. The fourth-order valence-electron chi connectivity index (χ4n) is 2.93. The van der Waals surface area contributed by atoms with Gasteiger partial charge in [0.15, 0.2) is 0 Å². The molecule has 0 radical (unpaired) electrons. The Bertz CT molecular complexity index is 544. The number of piperidine rings is 1. The van der Waals surface area contributed by atoms with Crippen LogP contribution in [0.3, 0.4) is 0 Å². The molecule has 18 heavy (non-hydrogen) atoms. The Labute approximate surface area is 108 Å². The van der Waals surface area contributed by atoms with Gasteiger partial charge >= 0.3 is 0 Å². The van der Waals surface area contributed by atoms with E-state index in [2.05, 4.69) is 41.7 Å². The van der Waals surface area contributed by atoms with Gasteiger partial charge in [-0.3, -0.25) is 0 Å². The molecule has 2 aromatic rings. The number of nitrogens with two attached hydrogens (primary N) is 1. The maximum absolute atomic E-state index is 5.59. The highest BCUT2D eigenvalue weighted by atomic mass is 16.5. The van der Waals surface area contributed by atoms with Gasteiger partial charge in [-0.1, -0.05) is 24.3 Å². The number of hydrogen-bond donors (Lipinski definition) is 1.